The van der Waals surface area contributed by atoms with Gasteiger partial charge in [0.25, 0.3) is 0 Å². The van der Waals surface area contributed by atoms with Gasteiger partial charge in [0.2, 0.25) is 0 Å². The fourth-order valence-corrected chi connectivity index (χ4v) is 8.97. The van der Waals surface area contributed by atoms with Crippen LogP contribution < -0.4 is 31.8 Å². The van der Waals surface area contributed by atoms with E-state index in [0.717, 1.165) is 0 Å². The molecule has 6 aromatic rings. The first-order valence-corrected chi connectivity index (χ1v) is 18.0. The maximum atomic E-state index is 3.69. The van der Waals surface area contributed by atoms with Gasteiger partial charge in [-0.1, -0.05) is 182 Å². The summed E-state index contributed by atoms with van der Waals surface area (Å²) < 4.78 is 0. The number of benzene rings is 6. The van der Waals surface area contributed by atoms with Crippen LogP contribution in [0, 0.1) is 0 Å². The van der Waals surface area contributed by atoms with Crippen LogP contribution in [-0.2, 0) is 13.7 Å². The van der Waals surface area contributed by atoms with Crippen molar-refractivity contribution in [2.24, 2.45) is 0 Å². The van der Waals surface area contributed by atoms with E-state index in [2.05, 4.69) is 210 Å². The number of rotatable bonds is 6. The van der Waals surface area contributed by atoms with Gasteiger partial charge >= 0.3 is 27.9 Å². The summed E-state index contributed by atoms with van der Waals surface area (Å²) in [6, 6.07) is 64.7. The van der Waals surface area contributed by atoms with Crippen molar-refractivity contribution in [1.29, 1.82) is 0 Å². The molecule has 201 valence electrons. The molecule has 0 fully saturated rings. The van der Waals surface area contributed by atoms with Crippen molar-refractivity contribution in [3.63, 3.8) is 0 Å². The van der Waals surface area contributed by atoms with Crippen LogP contribution in [0.1, 0.15) is 0 Å². The van der Waals surface area contributed by atoms with Crippen molar-refractivity contribution in [2.45, 2.75) is 0 Å². The molecule has 0 spiro atoms. The van der Waals surface area contributed by atoms with Gasteiger partial charge in [0.15, 0.2) is 0 Å². The van der Waals surface area contributed by atoms with Crippen LogP contribution in [0.4, 0.5) is 0 Å². The molecule has 6 rings (SSSR count). The Labute approximate surface area is 256 Å². The molecule has 40 heavy (non-hydrogen) atoms. The quantitative estimate of drug-likeness (QED) is 0.127. The van der Waals surface area contributed by atoms with Crippen LogP contribution >= 0.6 is 30.1 Å². The van der Waals surface area contributed by atoms with Crippen molar-refractivity contribution in [2.75, 3.05) is 0 Å². The molecule has 0 aliphatic carbocycles. The average molecular weight is 663 g/mol. The SMILES string of the molecule is [Ni][Br].c1ccc(P(c2ccccc2)c2ccccc2)cc1.c1ccc(P(c2ccccc2)c2ccccc2)cc1. The Balaban J connectivity index is 0.000000174. The maximum Gasteiger partial charge on any atom is -0.0134 e. The van der Waals surface area contributed by atoms with E-state index in [1.165, 1.54) is 31.8 Å². The molecule has 0 amide bonds. The smallest absolute Gasteiger partial charge is 0.0134 e. The molecule has 0 bridgehead atoms. The summed E-state index contributed by atoms with van der Waals surface area (Å²) in [5, 5.41) is 8.39. The molecule has 0 aromatic heterocycles. The Morgan fingerprint density at radius 2 is 0.375 bits per heavy atom. The van der Waals surface area contributed by atoms with Crippen molar-refractivity contribution in [3.05, 3.63) is 182 Å². The molecule has 0 unspecified atom stereocenters. The van der Waals surface area contributed by atoms with E-state index in [1.807, 2.05) is 0 Å². The van der Waals surface area contributed by atoms with Crippen LogP contribution in [0.5, 0.6) is 0 Å². The molecule has 0 aliphatic rings. The summed E-state index contributed by atoms with van der Waals surface area (Å²) >= 11 is 6.25. The molecule has 4 heteroatoms. The summed E-state index contributed by atoms with van der Waals surface area (Å²) in [5.41, 5.74) is 0. The van der Waals surface area contributed by atoms with Crippen molar-refractivity contribution in [1.82, 2.24) is 0 Å². The van der Waals surface area contributed by atoms with E-state index in [-0.39, 0.29) is 0 Å². The molecule has 0 atom stereocenters. The maximum absolute atomic E-state index is 3.69. The van der Waals surface area contributed by atoms with Gasteiger partial charge in [-0.2, -0.15) is 0 Å². The van der Waals surface area contributed by atoms with Gasteiger partial charge in [0.1, 0.15) is 0 Å². The molecular formula is C36H30BrNiP2. The number of halogens is 1. The summed E-state index contributed by atoms with van der Waals surface area (Å²) in [6.07, 6.45) is 0. The standard InChI is InChI=1S/2C18H15P.BrH.Ni/c2*1-4-10-16(11-5-1)19(17-12-6-2-7-13-17)18-14-8-3-9-15-18;;/h2*1-15H;1H;/q;;;+1/p-1. The topological polar surface area (TPSA) is 0 Å². The minimum Gasteiger partial charge on any atom is -0.0622 e. The second kappa shape index (κ2) is 17.1. The molecule has 0 nitrogen and oxygen atoms in total. The normalized spacial score (nSPS) is 10.2. The molecule has 0 saturated heterocycles. The number of hydrogen-bond donors (Lipinski definition) is 0. The van der Waals surface area contributed by atoms with Gasteiger partial charge in [0, 0.05) is 0 Å². The third-order valence-corrected chi connectivity index (χ3v) is 11.0. The Morgan fingerprint density at radius 1 is 0.250 bits per heavy atom. The van der Waals surface area contributed by atoms with E-state index in [4.69, 9.17) is 0 Å². The van der Waals surface area contributed by atoms with Crippen LogP contribution in [-0.4, -0.2) is 0 Å². The molecule has 0 aliphatic heterocycles. The monoisotopic (exact) mass is 661 g/mol. The van der Waals surface area contributed by atoms with Crippen LogP contribution in [0.3, 0.4) is 0 Å². The Kier molecular flexibility index (Phi) is 12.9. The van der Waals surface area contributed by atoms with Crippen molar-refractivity contribution < 1.29 is 13.7 Å². The molecule has 0 saturated carbocycles. The van der Waals surface area contributed by atoms with E-state index in [9.17, 15) is 0 Å². The Bertz CT molecular complexity index is 1180. The van der Waals surface area contributed by atoms with Gasteiger partial charge in [-0.25, -0.2) is 0 Å². The third-order valence-electron chi connectivity index (χ3n) is 6.09. The van der Waals surface area contributed by atoms with Crippen LogP contribution in [0.25, 0.3) is 0 Å². The zero-order valence-corrected chi connectivity index (χ0v) is 26.3. The molecule has 0 radical (unpaired) electrons. The zero-order valence-electron chi connectivity index (χ0n) is 21.9. The molecule has 0 heterocycles. The first-order valence-electron chi connectivity index (χ1n) is 12.9. The summed E-state index contributed by atoms with van der Waals surface area (Å²) in [5.74, 6) is 0. The fraction of sp³-hybridized carbons (Fsp3) is 0. The second-order valence-electron chi connectivity index (χ2n) is 8.68. The Hall–Kier alpha value is -2.85. The average Bonchev–Trinajstić information content (AvgIpc) is 3.06. The Morgan fingerprint density at radius 3 is 0.500 bits per heavy atom. The van der Waals surface area contributed by atoms with E-state index < -0.39 is 15.8 Å². The van der Waals surface area contributed by atoms with Gasteiger partial charge in [0.05, 0.1) is 0 Å². The van der Waals surface area contributed by atoms with Gasteiger partial charge in [-0.3, -0.25) is 0 Å². The predicted molar refractivity (Wildman–Crippen MR) is 179 cm³/mol. The molecule has 0 N–H and O–H groups in total. The number of hydrogen-bond acceptors (Lipinski definition) is 0. The second-order valence-corrected chi connectivity index (χ2v) is 13.1. The summed E-state index contributed by atoms with van der Waals surface area (Å²) in [6.45, 7) is 0. The molecular weight excluding hydrogens is 633 g/mol. The third kappa shape index (κ3) is 8.57. The minimum absolute atomic E-state index is 0.446. The van der Waals surface area contributed by atoms with E-state index >= 15 is 0 Å². The van der Waals surface area contributed by atoms with Gasteiger partial charge < -0.3 is 0 Å². The first-order chi connectivity index (χ1) is 19.9. The largest absolute Gasteiger partial charge is 0.0622 e. The van der Waals surface area contributed by atoms with E-state index in [1.54, 1.807) is 0 Å². The van der Waals surface area contributed by atoms with Crippen molar-refractivity contribution in [3.8, 4) is 0 Å². The predicted octanol–water partition coefficient (Wildman–Crippen LogP) is 7.73. The van der Waals surface area contributed by atoms with Crippen molar-refractivity contribution >= 4 is 61.9 Å². The van der Waals surface area contributed by atoms with Crippen LogP contribution in [0.2, 0.25) is 0 Å². The minimum atomic E-state index is -0.446. The fourth-order valence-electron chi connectivity index (χ4n) is 4.36. The van der Waals surface area contributed by atoms with Gasteiger partial charge in [-0.05, 0) is 47.7 Å². The van der Waals surface area contributed by atoms with Gasteiger partial charge in [-0.15, -0.1) is 0 Å². The summed E-state index contributed by atoms with van der Waals surface area (Å²) in [4.78, 5) is 0. The molecule has 6 aromatic carbocycles. The zero-order chi connectivity index (χ0) is 27.8. The van der Waals surface area contributed by atoms with E-state index in [0.29, 0.717) is 0 Å². The summed E-state index contributed by atoms with van der Waals surface area (Å²) in [7, 11) is -0.892. The first kappa shape index (κ1) is 30.1. The van der Waals surface area contributed by atoms with Crippen LogP contribution in [0.15, 0.2) is 182 Å².